The van der Waals surface area contributed by atoms with Crippen LogP contribution in [-0.2, 0) is 13.5 Å². The Morgan fingerprint density at radius 2 is 2.12 bits per heavy atom. The fourth-order valence-electron chi connectivity index (χ4n) is 1.68. The van der Waals surface area contributed by atoms with Crippen molar-refractivity contribution in [3.63, 3.8) is 0 Å². The van der Waals surface area contributed by atoms with Crippen molar-refractivity contribution in [1.29, 1.82) is 0 Å². The van der Waals surface area contributed by atoms with E-state index >= 15 is 0 Å². The SMILES string of the molecule is Cn1cncc1C(O)Cc1ccc(Cl)c(Cl)c1. The molecule has 3 nitrogen and oxygen atoms in total. The first kappa shape index (κ1) is 12.4. The molecule has 2 aromatic rings. The van der Waals surface area contributed by atoms with E-state index in [0.29, 0.717) is 16.5 Å². The van der Waals surface area contributed by atoms with Crippen molar-refractivity contribution in [3.8, 4) is 0 Å². The third kappa shape index (κ3) is 2.80. The highest BCUT2D eigenvalue weighted by atomic mass is 35.5. The highest BCUT2D eigenvalue weighted by Gasteiger charge is 2.12. The fraction of sp³-hybridized carbons (Fsp3) is 0.250. The Bertz CT molecular complexity index is 525. The van der Waals surface area contributed by atoms with E-state index in [2.05, 4.69) is 4.98 Å². The Hall–Kier alpha value is -1.03. The molecule has 0 saturated carbocycles. The lowest BCUT2D eigenvalue weighted by Crippen LogP contribution is -2.06. The van der Waals surface area contributed by atoms with Gasteiger partial charge >= 0.3 is 0 Å². The molecular weight excluding hydrogens is 259 g/mol. The van der Waals surface area contributed by atoms with E-state index < -0.39 is 6.10 Å². The first-order chi connectivity index (χ1) is 8.08. The number of halogens is 2. The van der Waals surface area contributed by atoms with Gasteiger partial charge in [-0.1, -0.05) is 29.3 Å². The molecule has 5 heteroatoms. The van der Waals surface area contributed by atoms with Crippen LogP contribution < -0.4 is 0 Å². The summed E-state index contributed by atoms with van der Waals surface area (Å²) in [6, 6.07) is 5.35. The Labute approximate surface area is 110 Å². The topological polar surface area (TPSA) is 38.0 Å². The lowest BCUT2D eigenvalue weighted by Gasteiger charge is -2.11. The zero-order valence-corrected chi connectivity index (χ0v) is 10.8. The molecule has 0 amide bonds. The number of aryl methyl sites for hydroxylation is 1. The van der Waals surface area contributed by atoms with Crippen LogP contribution in [-0.4, -0.2) is 14.7 Å². The first-order valence-corrected chi connectivity index (χ1v) is 5.91. The van der Waals surface area contributed by atoms with E-state index in [0.717, 1.165) is 11.3 Å². The highest BCUT2D eigenvalue weighted by molar-refractivity contribution is 6.42. The average molecular weight is 271 g/mol. The third-order valence-electron chi connectivity index (χ3n) is 2.61. The first-order valence-electron chi connectivity index (χ1n) is 5.16. The quantitative estimate of drug-likeness (QED) is 0.931. The predicted molar refractivity (Wildman–Crippen MR) is 68.3 cm³/mol. The molecule has 0 aliphatic heterocycles. The molecule has 0 fully saturated rings. The maximum Gasteiger partial charge on any atom is 0.0995 e. The molecule has 2 rings (SSSR count). The van der Waals surface area contributed by atoms with Crippen molar-refractivity contribution in [2.24, 2.45) is 7.05 Å². The van der Waals surface area contributed by atoms with Crippen molar-refractivity contribution in [2.45, 2.75) is 12.5 Å². The molecule has 17 heavy (non-hydrogen) atoms. The number of nitrogens with zero attached hydrogens (tertiary/aromatic N) is 2. The Morgan fingerprint density at radius 1 is 1.35 bits per heavy atom. The van der Waals surface area contributed by atoms with Gasteiger partial charge in [-0.05, 0) is 17.7 Å². The Kier molecular flexibility index (Phi) is 3.72. The van der Waals surface area contributed by atoms with Gasteiger partial charge in [0.05, 0.1) is 34.4 Å². The summed E-state index contributed by atoms with van der Waals surface area (Å²) in [6.07, 6.45) is 3.20. The van der Waals surface area contributed by atoms with E-state index in [-0.39, 0.29) is 0 Å². The number of imidazole rings is 1. The van der Waals surface area contributed by atoms with Crippen molar-refractivity contribution in [2.75, 3.05) is 0 Å². The van der Waals surface area contributed by atoms with Crippen molar-refractivity contribution >= 4 is 23.2 Å². The van der Waals surface area contributed by atoms with Gasteiger partial charge in [0, 0.05) is 13.5 Å². The lowest BCUT2D eigenvalue weighted by molar-refractivity contribution is 0.170. The van der Waals surface area contributed by atoms with Gasteiger partial charge in [-0.25, -0.2) is 4.98 Å². The molecular formula is C12H12Cl2N2O. The van der Waals surface area contributed by atoms with Gasteiger partial charge in [0.15, 0.2) is 0 Å². The number of hydrogen-bond donors (Lipinski definition) is 1. The van der Waals surface area contributed by atoms with Crippen LogP contribution in [0.15, 0.2) is 30.7 Å². The van der Waals surface area contributed by atoms with Crippen molar-refractivity contribution in [1.82, 2.24) is 9.55 Å². The maximum absolute atomic E-state index is 10.1. The monoisotopic (exact) mass is 270 g/mol. The van der Waals surface area contributed by atoms with Gasteiger partial charge in [0.1, 0.15) is 0 Å². The van der Waals surface area contributed by atoms with Crippen LogP contribution in [0.3, 0.4) is 0 Å². The number of benzene rings is 1. The minimum Gasteiger partial charge on any atom is -0.386 e. The summed E-state index contributed by atoms with van der Waals surface area (Å²) in [7, 11) is 1.85. The zero-order valence-electron chi connectivity index (χ0n) is 9.27. The van der Waals surface area contributed by atoms with Crippen LogP contribution >= 0.6 is 23.2 Å². The molecule has 1 aromatic heterocycles. The van der Waals surface area contributed by atoms with Crippen LogP contribution in [0, 0.1) is 0 Å². The highest BCUT2D eigenvalue weighted by Crippen LogP contribution is 2.25. The molecule has 0 saturated heterocycles. The smallest absolute Gasteiger partial charge is 0.0995 e. The number of aliphatic hydroxyl groups is 1. The number of rotatable bonds is 3. The van der Waals surface area contributed by atoms with Gasteiger partial charge < -0.3 is 9.67 Å². The molecule has 1 aromatic carbocycles. The van der Waals surface area contributed by atoms with Gasteiger partial charge in [0.25, 0.3) is 0 Å². The third-order valence-corrected chi connectivity index (χ3v) is 3.35. The number of hydrogen-bond acceptors (Lipinski definition) is 2. The number of aliphatic hydroxyl groups excluding tert-OH is 1. The molecule has 1 heterocycles. The molecule has 1 unspecified atom stereocenters. The van der Waals surface area contributed by atoms with Crippen LogP contribution in [0.2, 0.25) is 10.0 Å². The molecule has 1 N–H and O–H groups in total. The second-order valence-corrected chi connectivity index (χ2v) is 4.71. The van der Waals surface area contributed by atoms with Crippen LogP contribution in [0.1, 0.15) is 17.4 Å². The summed E-state index contributed by atoms with van der Waals surface area (Å²) in [5.74, 6) is 0. The van der Waals surface area contributed by atoms with E-state index in [1.807, 2.05) is 13.1 Å². The standard InChI is InChI=1S/C12H12Cl2N2O/c1-16-7-15-6-11(16)12(17)5-8-2-3-9(13)10(14)4-8/h2-4,6-7,12,17H,5H2,1H3. The van der Waals surface area contributed by atoms with Gasteiger partial charge in [-0.3, -0.25) is 0 Å². The van der Waals surface area contributed by atoms with Gasteiger partial charge in [-0.15, -0.1) is 0 Å². The molecule has 90 valence electrons. The van der Waals surface area contributed by atoms with Crippen molar-refractivity contribution < 1.29 is 5.11 Å². The summed E-state index contributed by atoms with van der Waals surface area (Å²) in [6.45, 7) is 0. The second kappa shape index (κ2) is 5.08. The Morgan fingerprint density at radius 3 is 2.71 bits per heavy atom. The minimum atomic E-state index is -0.597. The minimum absolute atomic E-state index is 0.483. The van der Waals surface area contributed by atoms with Crippen LogP contribution in [0.4, 0.5) is 0 Å². The molecule has 0 aliphatic carbocycles. The summed E-state index contributed by atoms with van der Waals surface area (Å²) >= 11 is 11.8. The average Bonchev–Trinajstić information content (AvgIpc) is 2.70. The zero-order chi connectivity index (χ0) is 12.4. The molecule has 0 bridgehead atoms. The molecule has 0 aliphatic rings. The summed E-state index contributed by atoms with van der Waals surface area (Å²) in [4.78, 5) is 3.97. The number of aromatic nitrogens is 2. The summed E-state index contributed by atoms with van der Waals surface area (Å²) in [5.41, 5.74) is 1.71. The Balaban J connectivity index is 2.16. The van der Waals surface area contributed by atoms with E-state index in [4.69, 9.17) is 23.2 Å². The van der Waals surface area contributed by atoms with E-state index in [1.165, 1.54) is 0 Å². The maximum atomic E-state index is 10.1. The van der Waals surface area contributed by atoms with E-state index in [9.17, 15) is 5.11 Å². The second-order valence-electron chi connectivity index (χ2n) is 3.90. The molecule has 0 spiro atoms. The lowest BCUT2D eigenvalue weighted by atomic mass is 10.1. The summed E-state index contributed by atoms with van der Waals surface area (Å²) in [5, 5.41) is 11.1. The largest absolute Gasteiger partial charge is 0.386 e. The van der Waals surface area contributed by atoms with Gasteiger partial charge in [-0.2, -0.15) is 0 Å². The predicted octanol–water partition coefficient (Wildman–Crippen LogP) is 3.00. The summed E-state index contributed by atoms with van der Waals surface area (Å²) < 4.78 is 1.79. The van der Waals surface area contributed by atoms with Crippen molar-refractivity contribution in [3.05, 3.63) is 52.0 Å². The fourth-order valence-corrected chi connectivity index (χ4v) is 2.00. The van der Waals surface area contributed by atoms with Crippen LogP contribution in [0.25, 0.3) is 0 Å². The molecule has 0 radical (unpaired) electrons. The van der Waals surface area contributed by atoms with Crippen LogP contribution in [0.5, 0.6) is 0 Å². The normalized spacial score (nSPS) is 12.7. The van der Waals surface area contributed by atoms with E-state index in [1.54, 1.807) is 29.2 Å². The molecule has 1 atom stereocenters. The van der Waals surface area contributed by atoms with Gasteiger partial charge in [0.2, 0.25) is 0 Å².